The van der Waals surface area contributed by atoms with Crippen LogP contribution in [0.15, 0.2) is 48.8 Å². The molecule has 0 radical (unpaired) electrons. The number of rotatable bonds is 3. The van der Waals surface area contributed by atoms with Crippen molar-refractivity contribution >= 4 is 0 Å². The van der Waals surface area contributed by atoms with Crippen LogP contribution in [0, 0.1) is 0 Å². The topological polar surface area (TPSA) is 34.1 Å². The number of nitrogens with one attached hydrogen (secondary N) is 1. The molecule has 1 aliphatic rings. The van der Waals surface area contributed by atoms with Crippen LogP contribution in [-0.2, 0) is 6.42 Å². The van der Waals surface area contributed by atoms with E-state index in [-0.39, 0.29) is 6.04 Å². The van der Waals surface area contributed by atoms with E-state index in [9.17, 15) is 0 Å². The Balaban J connectivity index is 1.71. The van der Waals surface area contributed by atoms with Gasteiger partial charge in [0.2, 0.25) is 0 Å². The minimum Gasteiger partial charge on any atom is -0.490 e. The second kappa shape index (κ2) is 5.19. The van der Waals surface area contributed by atoms with Gasteiger partial charge in [-0.3, -0.25) is 4.98 Å². The summed E-state index contributed by atoms with van der Waals surface area (Å²) in [6, 6.07) is 12.7. The molecule has 1 unspecified atom stereocenters. The number of nitrogens with zero attached hydrogens (tertiary/aromatic N) is 1. The molecule has 92 valence electrons. The van der Waals surface area contributed by atoms with Crippen molar-refractivity contribution in [1.82, 2.24) is 10.3 Å². The zero-order chi connectivity index (χ0) is 12.2. The first kappa shape index (κ1) is 11.2. The molecule has 0 saturated heterocycles. The van der Waals surface area contributed by atoms with E-state index in [1.165, 1.54) is 11.1 Å². The van der Waals surface area contributed by atoms with Crippen LogP contribution in [0.1, 0.15) is 17.2 Å². The predicted octanol–water partition coefficient (Wildman–Crippen LogP) is 2.35. The lowest BCUT2D eigenvalue weighted by Crippen LogP contribution is -2.33. The predicted molar refractivity (Wildman–Crippen MR) is 70.6 cm³/mol. The van der Waals surface area contributed by atoms with Gasteiger partial charge in [-0.05, 0) is 36.2 Å². The summed E-state index contributed by atoms with van der Waals surface area (Å²) in [7, 11) is 0. The Morgan fingerprint density at radius 2 is 2.17 bits per heavy atom. The highest BCUT2D eigenvalue weighted by Crippen LogP contribution is 2.23. The molecule has 0 saturated carbocycles. The van der Waals surface area contributed by atoms with E-state index in [0.29, 0.717) is 6.61 Å². The van der Waals surface area contributed by atoms with Gasteiger partial charge in [0.1, 0.15) is 12.4 Å². The fraction of sp³-hybridized carbons (Fsp3) is 0.267. The monoisotopic (exact) mass is 240 g/mol. The Labute approximate surface area is 107 Å². The molecule has 1 atom stereocenters. The second-order valence-corrected chi connectivity index (χ2v) is 4.46. The van der Waals surface area contributed by atoms with Crippen molar-refractivity contribution < 1.29 is 4.74 Å². The number of hydrogen-bond donors (Lipinski definition) is 1. The largest absolute Gasteiger partial charge is 0.490 e. The highest BCUT2D eigenvalue weighted by Gasteiger charge is 2.19. The number of hydrogen-bond acceptors (Lipinski definition) is 3. The maximum atomic E-state index is 5.78. The summed E-state index contributed by atoms with van der Waals surface area (Å²) in [6.07, 6.45) is 4.59. The van der Waals surface area contributed by atoms with E-state index in [4.69, 9.17) is 4.74 Å². The molecule has 0 bridgehead atoms. The molecule has 1 aliphatic heterocycles. The first-order chi connectivity index (χ1) is 8.93. The van der Waals surface area contributed by atoms with Crippen LogP contribution in [0.3, 0.4) is 0 Å². The van der Waals surface area contributed by atoms with Gasteiger partial charge >= 0.3 is 0 Å². The smallest absolute Gasteiger partial charge is 0.137 e. The van der Waals surface area contributed by atoms with E-state index >= 15 is 0 Å². The van der Waals surface area contributed by atoms with E-state index in [0.717, 1.165) is 18.7 Å². The van der Waals surface area contributed by atoms with E-state index < -0.39 is 0 Å². The van der Waals surface area contributed by atoms with E-state index in [1.807, 2.05) is 12.1 Å². The molecule has 2 heterocycles. The number of benzene rings is 1. The Kier molecular flexibility index (Phi) is 3.24. The van der Waals surface area contributed by atoms with Crippen LogP contribution in [0.4, 0.5) is 0 Å². The summed E-state index contributed by atoms with van der Waals surface area (Å²) >= 11 is 0. The van der Waals surface area contributed by atoms with Gasteiger partial charge in [-0.1, -0.05) is 24.3 Å². The van der Waals surface area contributed by atoms with Crippen molar-refractivity contribution in [2.45, 2.75) is 12.5 Å². The van der Waals surface area contributed by atoms with Gasteiger partial charge < -0.3 is 10.1 Å². The van der Waals surface area contributed by atoms with Crippen molar-refractivity contribution in [2.75, 3.05) is 13.2 Å². The van der Waals surface area contributed by atoms with Crippen molar-refractivity contribution in [2.24, 2.45) is 0 Å². The van der Waals surface area contributed by atoms with Gasteiger partial charge in [-0.2, -0.15) is 0 Å². The molecule has 0 spiro atoms. The number of pyridine rings is 1. The summed E-state index contributed by atoms with van der Waals surface area (Å²) in [5.41, 5.74) is 2.78. The summed E-state index contributed by atoms with van der Waals surface area (Å²) in [5.74, 6) is 0.822. The molecule has 18 heavy (non-hydrogen) atoms. The summed E-state index contributed by atoms with van der Waals surface area (Å²) < 4.78 is 5.78. The van der Waals surface area contributed by atoms with Gasteiger partial charge in [-0.15, -0.1) is 0 Å². The average molecular weight is 240 g/mol. The molecule has 3 heteroatoms. The van der Waals surface area contributed by atoms with Crippen molar-refractivity contribution in [3.8, 4) is 5.75 Å². The molecular formula is C15H16N2O. The lowest BCUT2D eigenvalue weighted by atomic mass is 9.95. The second-order valence-electron chi connectivity index (χ2n) is 4.46. The van der Waals surface area contributed by atoms with Gasteiger partial charge in [0, 0.05) is 6.20 Å². The highest BCUT2D eigenvalue weighted by molar-refractivity contribution is 5.32. The Morgan fingerprint density at radius 3 is 3.06 bits per heavy atom. The van der Waals surface area contributed by atoms with Gasteiger partial charge in [-0.25, -0.2) is 0 Å². The van der Waals surface area contributed by atoms with E-state index in [1.54, 1.807) is 12.4 Å². The van der Waals surface area contributed by atoms with Crippen LogP contribution in [0.25, 0.3) is 0 Å². The lowest BCUT2D eigenvalue weighted by Gasteiger charge is -2.26. The third-order valence-electron chi connectivity index (χ3n) is 3.27. The lowest BCUT2D eigenvalue weighted by molar-refractivity contribution is 0.260. The summed E-state index contributed by atoms with van der Waals surface area (Å²) in [5, 5.41) is 3.50. The standard InChI is InChI=1S/C15H16N2O/c1-2-6-14-12(4-1)7-9-17-15(14)11-18-13-5-3-8-16-10-13/h1-6,8,10,15,17H,7,9,11H2. The first-order valence-electron chi connectivity index (χ1n) is 6.27. The normalized spacial score (nSPS) is 18.1. The fourth-order valence-corrected chi connectivity index (χ4v) is 2.35. The quantitative estimate of drug-likeness (QED) is 0.894. The Morgan fingerprint density at radius 1 is 1.22 bits per heavy atom. The molecule has 0 amide bonds. The Bertz CT molecular complexity index is 513. The SMILES string of the molecule is c1cncc(OCC2NCCc3ccccc32)c1. The zero-order valence-electron chi connectivity index (χ0n) is 10.2. The van der Waals surface area contributed by atoms with Gasteiger partial charge in [0.05, 0.1) is 12.2 Å². The fourth-order valence-electron chi connectivity index (χ4n) is 2.35. The molecule has 3 nitrogen and oxygen atoms in total. The molecule has 3 rings (SSSR count). The minimum atomic E-state index is 0.273. The molecular weight excluding hydrogens is 224 g/mol. The first-order valence-corrected chi connectivity index (χ1v) is 6.27. The summed E-state index contributed by atoms with van der Waals surface area (Å²) in [4.78, 5) is 4.05. The number of aromatic nitrogens is 1. The molecule has 1 N–H and O–H groups in total. The molecule has 1 aromatic heterocycles. The third kappa shape index (κ3) is 2.36. The van der Waals surface area contributed by atoms with Crippen molar-refractivity contribution in [1.29, 1.82) is 0 Å². The molecule has 0 aliphatic carbocycles. The van der Waals surface area contributed by atoms with Crippen LogP contribution in [0.5, 0.6) is 5.75 Å². The number of fused-ring (bicyclic) bond motifs is 1. The van der Waals surface area contributed by atoms with Gasteiger partial charge in [0.25, 0.3) is 0 Å². The third-order valence-corrected chi connectivity index (χ3v) is 3.27. The molecule has 1 aromatic carbocycles. The van der Waals surface area contributed by atoms with Crippen molar-refractivity contribution in [3.63, 3.8) is 0 Å². The van der Waals surface area contributed by atoms with E-state index in [2.05, 4.69) is 34.6 Å². The zero-order valence-corrected chi connectivity index (χ0v) is 10.2. The van der Waals surface area contributed by atoms with Crippen LogP contribution in [-0.4, -0.2) is 18.1 Å². The molecule has 2 aromatic rings. The number of ether oxygens (including phenoxy) is 1. The summed E-state index contributed by atoms with van der Waals surface area (Å²) in [6.45, 7) is 1.65. The maximum absolute atomic E-state index is 5.78. The van der Waals surface area contributed by atoms with Gasteiger partial charge in [0.15, 0.2) is 0 Å². The minimum absolute atomic E-state index is 0.273. The van der Waals surface area contributed by atoms with Crippen LogP contribution < -0.4 is 10.1 Å². The van der Waals surface area contributed by atoms with Crippen LogP contribution in [0.2, 0.25) is 0 Å². The van der Waals surface area contributed by atoms with Crippen LogP contribution >= 0.6 is 0 Å². The molecule has 0 fully saturated rings. The van der Waals surface area contributed by atoms with Crippen molar-refractivity contribution in [3.05, 3.63) is 59.9 Å². The average Bonchev–Trinajstić information content (AvgIpc) is 2.46. The highest BCUT2D eigenvalue weighted by atomic mass is 16.5. The Hall–Kier alpha value is -1.87. The maximum Gasteiger partial charge on any atom is 0.137 e.